The van der Waals surface area contributed by atoms with Crippen LogP contribution >= 0.6 is 0 Å². The van der Waals surface area contributed by atoms with E-state index in [9.17, 15) is 0 Å². The maximum absolute atomic E-state index is 3.77. The molecular formula is C19H36N2Si. The molecule has 1 N–H and O–H groups in total. The van der Waals surface area contributed by atoms with Gasteiger partial charge in [0.05, 0.1) is 0 Å². The van der Waals surface area contributed by atoms with Crippen molar-refractivity contribution in [2.45, 2.75) is 100 Å². The highest BCUT2D eigenvalue weighted by Crippen LogP contribution is 2.59. The van der Waals surface area contributed by atoms with E-state index in [1.54, 1.807) is 77.0 Å². The zero-order valence-corrected chi connectivity index (χ0v) is 15.5. The minimum atomic E-state index is -1.32. The van der Waals surface area contributed by atoms with E-state index in [-0.39, 0.29) is 0 Å². The molecule has 4 rings (SSSR count). The van der Waals surface area contributed by atoms with Gasteiger partial charge in [0.2, 0.25) is 0 Å². The molecule has 126 valence electrons. The summed E-state index contributed by atoms with van der Waals surface area (Å²) < 4.78 is 3.14. The van der Waals surface area contributed by atoms with Gasteiger partial charge in [-0.2, -0.15) is 0 Å². The quantitative estimate of drug-likeness (QED) is 0.732. The van der Waals surface area contributed by atoms with Crippen molar-refractivity contribution < 1.29 is 0 Å². The SMILES string of the molecule is C1CCC([Si](C2CCCC2)(C2CCCC2)N2CCCNC2)C1. The molecule has 22 heavy (non-hydrogen) atoms. The predicted molar refractivity (Wildman–Crippen MR) is 96.6 cm³/mol. The van der Waals surface area contributed by atoms with E-state index in [2.05, 4.69) is 9.88 Å². The second kappa shape index (κ2) is 6.94. The molecular weight excluding hydrogens is 284 g/mol. The lowest BCUT2D eigenvalue weighted by Gasteiger charge is -2.55. The third-order valence-corrected chi connectivity index (χ3v) is 14.8. The minimum Gasteiger partial charge on any atom is -0.311 e. The molecule has 1 saturated heterocycles. The van der Waals surface area contributed by atoms with Crippen molar-refractivity contribution in [2.24, 2.45) is 0 Å². The first-order valence-electron chi connectivity index (χ1n) is 10.4. The molecule has 0 aromatic rings. The van der Waals surface area contributed by atoms with Crippen molar-refractivity contribution >= 4 is 8.24 Å². The van der Waals surface area contributed by atoms with E-state index in [4.69, 9.17) is 0 Å². The molecule has 0 spiro atoms. The second-order valence-electron chi connectivity index (χ2n) is 8.61. The molecule has 0 amide bonds. The molecule has 3 saturated carbocycles. The smallest absolute Gasteiger partial charge is 0.138 e. The summed E-state index contributed by atoms with van der Waals surface area (Å²) in [6, 6.07) is 0. The second-order valence-corrected chi connectivity index (χ2v) is 13.5. The van der Waals surface area contributed by atoms with Crippen molar-refractivity contribution in [1.82, 2.24) is 9.88 Å². The summed E-state index contributed by atoms with van der Waals surface area (Å²) in [6.45, 7) is 3.94. The fraction of sp³-hybridized carbons (Fsp3) is 1.00. The highest BCUT2D eigenvalue weighted by Gasteiger charge is 2.57. The first kappa shape index (κ1) is 15.7. The van der Waals surface area contributed by atoms with E-state index >= 15 is 0 Å². The lowest BCUT2D eigenvalue weighted by atomic mass is 10.3. The topological polar surface area (TPSA) is 15.3 Å². The fourth-order valence-electron chi connectivity index (χ4n) is 6.96. The summed E-state index contributed by atoms with van der Waals surface area (Å²) in [6.07, 6.45) is 20.2. The summed E-state index contributed by atoms with van der Waals surface area (Å²) in [7, 11) is -1.32. The van der Waals surface area contributed by atoms with Gasteiger partial charge in [0, 0.05) is 6.67 Å². The Morgan fingerprint density at radius 1 is 0.636 bits per heavy atom. The Labute approximate surface area is 138 Å². The van der Waals surface area contributed by atoms with Crippen LogP contribution < -0.4 is 5.32 Å². The Balaban J connectivity index is 1.71. The van der Waals surface area contributed by atoms with E-state index in [1.165, 1.54) is 26.2 Å². The zero-order valence-electron chi connectivity index (χ0n) is 14.5. The summed E-state index contributed by atoms with van der Waals surface area (Å²) in [5.74, 6) is 0. The highest BCUT2D eigenvalue weighted by atomic mass is 28.3. The van der Waals surface area contributed by atoms with Crippen LogP contribution in [-0.2, 0) is 0 Å². The first-order chi connectivity index (χ1) is 10.9. The van der Waals surface area contributed by atoms with Gasteiger partial charge in [-0.25, -0.2) is 0 Å². The molecule has 0 atom stereocenters. The van der Waals surface area contributed by atoms with Crippen molar-refractivity contribution in [3.8, 4) is 0 Å². The molecule has 0 aromatic heterocycles. The maximum Gasteiger partial charge on any atom is 0.138 e. The van der Waals surface area contributed by atoms with Crippen molar-refractivity contribution in [1.29, 1.82) is 0 Å². The third kappa shape index (κ3) is 2.61. The lowest BCUT2D eigenvalue weighted by molar-refractivity contribution is 0.300. The molecule has 0 unspecified atom stereocenters. The van der Waals surface area contributed by atoms with Crippen LogP contribution in [0, 0.1) is 0 Å². The van der Waals surface area contributed by atoms with Gasteiger partial charge in [0.1, 0.15) is 8.24 Å². The van der Waals surface area contributed by atoms with Crippen LogP contribution in [0.2, 0.25) is 16.6 Å². The molecule has 3 heteroatoms. The lowest BCUT2D eigenvalue weighted by Crippen LogP contribution is -2.65. The molecule has 1 aliphatic heterocycles. The van der Waals surface area contributed by atoms with Gasteiger partial charge >= 0.3 is 0 Å². The average Bonchev–Trinajstić information content (AvgIpc) is 3.34. The van der Waals surface area contributed by atoms with E-state index in [0.29, 0.717) is 0 Å². The van der Waals surface area contributed by atoms with Crippen molar-refractivity contribution in [3.05, 3.63) is 0 Å². The monoisotopic (exact) mass is 320 g/mol. The van der Waals surface area contributed by atoms with Crippen LogP contribution in [0.3, 0.4) is 0 Å². The van der Waals surface area contributed by atoms with Gasteiger partial charge in [-0.05, 0) is 36.1 Å². The van der Waals surface area contributed by atoms with Gasteiger partial charge < -0.3 is 9.88 Å². The molecule has 2 nitrogen and oxygen atoms in total. The van der Waals surface area contributed by atoms with Gasteiger partial charge in [0.15, 0.2) is 0 Å². The number of nitrogens with zero attached hydrogens (tertiary/aromatic N) is 1. The number of nitrogens with one attached hydrogen (secondary N) is 1. The van der Waals surface area contributed by atoms with Crippen LogP contribution in [0.4, 0.5) is 0 Å². The van der Waals surface area contributed by atoms with E-state index in [0.717, 1.165) is 16.6 Å². The summed E-state index contributed by atoms with van der Waals surface area (Å²) in [4.78, 5) is 0. The Hall–Kier alpha value is 0.137. The van der Waals surface area contributed by atoms with E-state index in [1.807, 2.05) is 0 Å². The first-order valence-corrected chi connectivity index (χ1v) is 12.6. The largest absolute Gasteiger partial charge is 0.311 e. The molecule has 1 heterocycles. The third-order valence-electron chi connectivity index (χ3n) is 7.66. The molecule has 4 fully saturated rings. The molecule has 0 bridgehead atoms. The van der Waals surface area contributed by atoms with E-state index < -0.39 is 8.24 Å². The Morgan fingerprint density at radius 2 is 1.09 bits per heavy atom. The summed E-state index contributed by atoms with van der Waals surface area (Å²) >= 11 is 0. The number of hydrogen-bond donors (Lipinski definition) is 1. The van der Waals surface area contributed by atoms with Gasteiger partial charge in [-0.3, -0.25) is 0 Å². The molecule has 3 aliphatic carbocycles. The van der Waals surface area contributed by atoms with Crippen LogP contribution in [0.5, 0.6) is 0 Å². The Bertz CT molecular complexity index is 308. The number of rotatable bonds is 4. The van der Waals surface area contributed by atoms with Crippen LogP contribution in [0.15, 0.2) is 0 Å². The predicted octanol–water partition coefficient (Wildman–Crippen LogP) is 5.02. The normalized spacial score (nSPS) is 30.5. The van der Waals surface area contributed by atoms with Gasteiger partial charge in [-0.15, -0.1) is 0 Å². The van der Waals surface area contributed by atoms with Gasteiger partial charge in [0.25, 0.3) is 0 Å². The molecule has 4 aliphatic rings. The fourth-order valence-corrected chi connectivity index (χ4v) is 15.4. The van der Waals surface area contributed by atoms with Crippen molar-refractivity contribution in [3.63, 3.8) is 0 Å². The standard InChI is InChI=1S/C19H36N2Si/c1-2-9-17(8-1)22(18-10-3-4-11-18,19-12-5-6-13-19)21-15-7-14-20-16-21/h17-20H,1-16H2. The van der Waals surface area contributed by atoms with Crippen molar-refractivity contribution in [2.75, 3.05) is 19.8 Å². The molecule has 0 aromatic carbocycles. The van der Waals surface area contributed by atoms with Gasteiger partial charge in [-0.1, -0.05) is 77.0 Å². The Kier molecular flexibility index (Phi) is 4.94. The maximum atomic E-state index is 3.77. The van der Waals surface area contributed by atoms with Crippen LogP contribution in [0.25, 0.3) is 0 Å². The van der Waals surface area contributed by atoms with Crippen LogP contribution in [-0.4, -0.2) is 32.6 Å². The minimum absolute atomic E-state index is 1.15. The summed E-state index contributed by atoms with van der Waals surface area (Å²) in [5.41, 5.74) is 3.45. The zero-order chi connectivity index (χ0) is 14.8. The average molecular weight is 321 g/mol. The van der Waals surface area contributed by atoms with Crippen LogP contribution in [0.1, 0.15) is 83.5 Å². The Morgan fingerprint density at radius 3 is 1.45 bits per heavy atom. The molecule has 0 radical (unpaired) electrons. The highest BCUT2D eigenvalue weighted by molar-refractivity contribution is 6.81. The summed E-state index contributed by atoms with van der Waals surface area (Å²) in [5, 5.41) is 3.77. The number of hydrogen-bond acceptors (Lipinski definition) is 2.